The number of benzene rings is 1. The zero-order valence-electron chi connectivity index (χ0n) is 9.08. The first-order valence-corrected chi connectivity index (χ1v) is 4.85. The van der Waals surface area contributed by atoms with E-state index in [0.717, 1.165) is 6.42 Å². The molecule has 0 aliphatic heterocycles. The van der Waals surface area contributed by atoms with Gasteiger partial charge < -0.3 is 4.90 Å². The molecule has 1 rings (SSSR count). The summed E-state index contributed by atoms with van der Waals surface area (Å²) in [4.78, 5) is 13.0. The largest absolute Gasteiger partial charge is 0.349 e. The average molecular weight is 191 g/mol. The number of nitrogens with zero attached hydrogens (tertiary/aromatic N) is 1. The van der Waals surface area contributed by atoms with Gasteiger partial charge in [-0.05, 0) is 18.9 Å². The first kappa shape index (κ1) is 10.8. The molecule has 0 heterocycles. The van der Waals surface area contributed by atoms with Gasteiger partial charge in [-0.3, -0.25) is 4.79 Å². The predicted octanol–water partition coefficient (Wildman–Crippen LogP) is 2.02. The predicted molar refractivity (Wildman–Crippen MR) is 58.2 cm³/mol. The summed E-state index contributed by atoms with van der Waals surface area (Å²) < 4.78 is 0. The van der Waals surface area contributed by atoms with Crippen LogP contribution in [0.15, 0.2) is 24.3 Å². The van der Waals surface area contributed by atoms with Crippen LogP contribution in [0.5, 0.6) is 0 Å². The van der Waals surface area contributed by atoms with Crippen molar-refractivity contribution in [3.05, 3.63) is 35.4 Å². The zero-order valence-corrected chi connectivity index (χ0v) is 9.08. The van der Waals surface area contributed by atoms with Crippen LogP contribution in [0.3, 0.4) is 0 Å². The van der Waals surface area contributed by atoms with Crippen LogP contribution in [0.2, 0.25) is 0 Å². The molecule has 0 spiro atoms. The molecular weight excluding hydrogens is 174 g/mol. The summed E-state index contributed by atoms with van der Waals surface area (Å²) in [6.07, 6.45) is 1.43. The summed E-state index contributed by atoms with van der Waals surface area (Å²) in [5, 5.41) is 0. The SMILES string of the molecule is Cc1cccc(CCC(=O)N(C)C)c1. The number of carbonyl (C=O) groups is 1. The van der Waals surface area contributed by atoms with Crippen molar-refractivity contribution in [2.75, 3.05) is 14.1 Å². The fraction of sp³-hybridized carbons (Fsp3) is 0.417. The smallest absolute Gasteiger partial charge is 0.222 e. The molecule has 0 atom stereocenters. The first-order chi connectivity index (χ1) is 6.59. The van der Waals surface area contributed by atoms with Crippen LogP contribution in [0.4, 0.5) is 0 Å². The van der Waals surface area contributed by atoms with Gasteiger partial charge in [0.2, 0.25) is 5.91 Å². The second-order valence-corrected chi connectivity index (χ2v) is 3.78. The Morgan fingerprint density at radius 2 is 2.07 bits per heavy atom. The Kier molecular flexibility index (Phi) is 3.69. The molecule has 0 aliphatic carbocycles. The number of rotatable bonds is 3. The third-order valence-electron chi connectivity index (χ3n) is 2.21. The lowest BCUT2D eigenvalue weighted by Gasteiger charge is -2.09. The molecule has 0 aliphatic rings. The number of amides is 1. The summed E-state index contributed by atoms with van der Waals surface area (Å²) in [6, 6.07) is 8.29. The van der Waals surface area contributed by atoms with E-state index in [0.29, 0.717) is 6.42 Å². The van der Waals surface area contributed by atoms with Gasteiger partial charge in [0.25, 0.3) is 0 Å². The van der Waals surface area contributed by atoms with E-state index >= 15 is 0 Å². The van der Waals surface area contributed by atoms with Crippen molar-refractivity contribution in [1.29, 1.82) is 0 Å². The summed E-state index contributed by atoms with van der Waals surface area (Å²) in [7, 11) is 3.58. The Morgan fingerprint density at radius 3 is 2.64 bits per heavy atom. The molecule has 0 radical (unpaired) electrons. The van der Waals surface area contributed by atoms with Gasteiger partial charge in [0, 0.05) is 20.5 Å². The van der Waals surface area contributed by atoms with Crippen molar-refractivity contribution in [3.8, 4) is 0 Å². The van der Waals surface area contributed by atoms with Crippen LogP contribution < -0.4 is 0 Å². The van der Waals surface area contributed by atoms with Gasteiger partial charge in [-0.2, -0.15) is 0 Å². The highest BCUT2D eigenvalue weighted by Gasteiger charge is 2.03. The van der Waals surface area contributed by atoms with Crippen LogP contribution in [-0.4, -0.2) is 24.9 Å². The summed E-state index contributed by atoms with van der Waals surface area (Å²) in [5.41, 5.74) is 2.49. The summed E-state index contributed by atoms with van der Waals surface area (Å²) in [5.74, 6) is 0.187. The van der Waals surface area contributed by atoms with Crippen molar-refractivity contribution in [1.82, 2.24) is 4.90 Å². The fourth-order valence-corrected chi connectivity index (χ4v) is 1.34. The lowest BCUT2D eigenvalue weighted by Crippen LogP contribution is -2.21. The van der Waals surface area contributed by atoms with Crippen LogP contribution in [0, 0.1) is 6.92 Å². The highest BCUT2D eigenvalue weighted by molar-refractivity contribution is 5.75. The highest BCUT2D eigenvalue weighted by Crippen LogP contribution is 2.06. The van der Waals surface area contributed by atoms with Gasteiger partial charge in [0.1, 0.15) is 0 Å². The molecule has 0 aromatic heterocycles. The van der Waals surface area contributed by atoms with E-state index in [9.17, 15) is 4.79 Å². The minimum absolute atomic E-state index is 0.187. The van der Waals surface area contributed by atoms with E-state index in [1.807, 2.05) is 6.07 Å². The molecule has 1 aromatic carbocycles. The van der Waals surface area contributed by atoms with Gasteiger partial charge in [0.05, 0.1) is 0 Å². The van der Waals surface area contributed by atoms with E-state index < -0.39 is 0 Å². The average Bonchev–Trinajstić information content (AvgIpc) is 2.14. The van der Waals surface area contributed by atoms with Gasteiger partial charge in [-0.1, -0.05) is 29.8 Å². The Balaban J connectivity index is 2.50. The molecule has 1 aromatic rings. The second-order valence-electron chi connectivity index (χ2n) is 3.78. The quantitative estimate of drug-likeness (QED) is 0.715. The maximum absolute atomic E-state index is 11.3. The molecule has 76 valence electrons. The third kappa shape index (κ3) is 3.21. The second kappa shape index (κ2) is 4.80. The standard InChI is InChI=1S/C12H17NO/c1-10-5-4-6-11(9-10)7-8-12(14)13(2)3/h4-6,9H,7-8H2,1-3H3. The van der Waals surface area contributed by atoms with E-state index in [1.54, 1.807) is 19.0 Å². The molecule has 2 nitrogen and oxygen atoms in total. The van der Waals surface area contributed by atoms with Crippen LogP contribution >= 0.6 is 0 Å². The third-order valence-corrected chi connectivity index (χ3v) is 2.21. The van der Waals surface area contributed by atoms with Crippen molar-refractivity contribution in [2.45, 2.75) is 19.8 Å². The molecule has 0 N–H and O–H groups in total. The van der Waals surface area contributed by atoms with Crippen molar-refractivity contribution >= 4 is 5.91 Å². The first-order valence-electron chi connectivity index (χ1n) is 4.85. The molecule has 0 unspecified atom stereocenters. The maximum atomic E-state index is 11.3. The molecule has 0 saturated carbocycles. The number of hydrogen-bond donors (Lipinski definition) is 0. The monoisotopic (exact) mass is 191 g/mol. The van der Waals surface area contributed by atoms with E-state index in [2.05, 4.69) is 25.1 Å². The lowest BCUT2D eigenvalue weighted by molar-refractivity contribution is -0.128. The van der Waals surface area contributed by atoms with Crippen molar-refractivity contribution < 1.29 is 4.79 Å². The molecule has 14 heavy (non-hydrogen) atoms. The molecule has 2 heteroatoms. The van der Waals surface area contributed by atoms with Crippen LogP contribution in [0.1, 0.15) is 17.5 Å². The fourth-order valence-electron chi connectivity index (χ4n) is 1.34. The number of hydrogen-bond acceptors (Lipinski definition) is 1. The Labute approximate surface area is 85.5 Å². The minimum atomic E-state index is 0.187. The highest BCUT2D eigenvalue weighted by atomic mass is 16.2. The van der Waals surface area contributed by atoms with E-state index in [1.165, 1.54) is 11.1 Å². The van der Waals surface area contributed by atoms with Gasteiger partial charge in [0.15, 0.2) is 0 Å². The van der Waals surface area contributed by atoms with E-state index in [4.69, 9.17) is 0 Å². The van der Waals surface area contributed by atoms with Crippen LogP contribution in [0.25, 0.3) is 0 Å². The van der Waals surface area contributed by atoms with Crippen LogP contribution in [-0.2, 0) is 11.2 Å². The molecule has 0 fully saturated rings. The number of aryl methyl sites for hydroxylation is 2. The van der Waals surface area contributed by atoms with Gasteiger partial charge in [-0.15, -0.1) is 0 Å². The normalized spacial score (nSPS) is 9.93. The minimum Gasteiger partial charge on any atom is -0.349 e. The molecule has 1 amide bonds. The van der Waals surface area contributed by atoms with Gasteiger partial charge in [-0.25, -0.2) is 0 Å². The summed E-state index contributed by atoms with van der Waals surface area (Å²) >= 11 is 0. The number of carbonyl (C=O) groups excluding carboxylic acids is 1. The van der Waals surface area contributed by atoms with Crippen molar-refractivity contribution in [2.24, 2.45) is 0 Å². The summed E-state index contributed by atoms with van der Waals surface area (Å²) in [6.45, 7) is 2.07. The molecule has 0 saturated heterocycles. The Hall–Kier alpha value is -1.31. The maximum Gasteiger partial charge on any atom is 0.222 e. The lowest BCUT2D eigenvalue weighted by atomic mass is 10.1. The van der Waals surface area contributed by atoms with Gasteiger partial charge >= 0.3 is 0 Å². The molecule has 0 bridgehead atoms. The zero-order chi connectivity index (χ0) is 10.6. The Bertz CT molecular complexity index is 318. The topological polar surface area (TPSA) is 20.3 Å². The van der Waals surface area contributed by atoms with Crippen molar-refractivity contribution in [3.63, 3.8) is 0 Å². The Morgan fingerprint density at radius 1 is 1.36 bits per heavy atom. The molecular formula is C12H17NO. The van der Waals surface area contributed by atoms with E-state index in [-0.39, 0.29) is 5.91 Å².